The van der Waals surface area contributed by atoms with Crippen LogP contribution in [0.3, 0.4) is 0 Å². The van der Waals surface area contributed by atoms with Gasteiger partial charge in [-0.05, 0) is 86.9 Å². The molecule has 1 aromatic carbocycles. The number of sulfonamides is 1. The molecule has 0 radical (unpaired) electrons. The number of pyridine rings is 1. The molecule has 0 unspecified atom stereocenters. The van der Waals surface area contributed by atoms with E-state index in [4.69, 9.17) is 4.74 Å². The fourth-order valence-electron chi connectivity index (χ4n) is 8.16. The third-order valence-corrected chi connectivity index (χ3v) is 13.1. The maximum atomic E-state index is 14.6. The third kappa shape index (κ3) is 7.22. The zero-order valence-corrected chi connectivity index (χ0v) is 29.0. The first-order chi connectivity index (χ1) is 23.7. The summed E-state index contributed by atoms with van der Waals surface area (Å²) >= 11 is 0. The molecule has 11 nitrogen and oxygen atoms in total. The summed E-state index contributed by atoms with van der Waals surface area (Å²) in [6, 6.07) is 7.02. The van der Waals surface area contributed by atoms with Crippen molar-refractivity contribution >= 4 is 38.5 Å². The number of nitrogens with zero attached hydrogens (tertiary/aromatic N) is 2. The number of amides is 3. The van der Waals surface area contributed by atoms with Crippen LogP contribution in [0.5, 0.6) is 5.88 Å². The summed E-state index contributed by atoms with van der Waals surface area (Å²) in [5.74, 6) is -1.14. The van der Waals surface area contributed by atoms with Crippen LogP contribution < -0.4 is 20.1 Å². The normalized spacial score (nSPS) is 30.0. The summed E-state index contributed by atoms with van der Waals surface area (Å²) < 4.78 is 34.2. The highest BCUT2D eigenvalue weighted by Crippen LogP contribution is 2.45. The second-order valence-electron chi connectivity index (χ2n) is 14.8. The predicted molar refractivity (Wildman–Crippen MR) is 186 cm³/mol. The van der Waals surface area contributed by atoms with E-state index in [0.29, 0.717) is 18.7 Å². The molecule has 4 bridgehead atoms. The van der Waals surface area contributed by atoms with Crippen LogP contribution in [0.15, 0.2) is 43.1 Å². The molecule has 4 fully saturated rings. The van der Waals surface area contributed by atoms with E-state index in [0.717, 1.165) is 81.5 Å². The van der Waals surface area contributed by atoms with Gasteiger partial charge in [0.25, 0.3) is 5.91 Å². The van der Waals surface area contributed by atoms with Gasteiger partial charge in [-0.1, -0.05) is 50.3 Å². The van der Waals surface area contributed by atoms with Gasteiger partial charge in [-0.2, -0.15) is 0 Å². The topological polar surface area (TPSA) is 147 Å². The fraction of sp³-hybridized carbons (Fsp3) is 0.622. The van der Waals surface area contributed by atoms with Crippen LogP contribution >= 0.6 is 0 Å². The minimum absolute atomic E-state index is 0.127. The number of hydrogen-bond acceptors (Lipinski definition) is 8. The summed E-state index contributed by atoms with van der Waals surface area (Å²) in [7, 11) is -3.82. The lowest BCUT2D eigenvalue weighted by Crippen LogP contribution is -2.58. The summed E-state index contributed by atoms with van der Waals surface area (Å²) in [5, 5.41) is 7.83. The van der Waals surface area contributed by atoms with Gasteiger partial charge in [0.05, 0.1) is 17.8 Å². The maximum absolute atomic E-state index is 14.6. The van der Waals surface area contributed by atoms with Crippen LogP contribution in [0, 0.1) is 11.8 Å². The molecule has 264 valence electrons. The molecule has 0 spiro atoms. The van der Waals surface area contributed by atoms with Crippen molar-refractivity contribution in [1.29, 1.82) is 0 Å². The highest BCUT2D eigenvalue weighted by atomic mass is 32.2. The van der Waals surface area contributed by atoms with E-state index in [-0.39, 0.29) is 31.2 Å². The minimum Gasteiger partial charge on any atom is -0.472 e. The number of carbonyl (C=O) groups excluding carboxylic acids is 3. The largest absolute Gasteiger partial charge is 0.472 e. The van der Waals surface area contributed by atoms with E-state index < -0.39 is 56.7 Å². The Balaban J connectivity index is 1.18. The van der Waals surface area contributed by atoms with Crippen molar-refractivity contribution < 1.29 is 27.5 Å². The Morgan fingerprint density at radius 3 is 2.57 bits per heavy atom. The molecule has 2 aliphatic heterocycles. The third-order valence-electron chi connectivity index (χ3n) is 11.3. The van der Waals surface area contributed by atoms with E-state index in [1.54, 1.807) is 17.2 Å². The van der Waals surface area contributed by atoms with Gasteiger partial charge >= 0.3 is 0 Å². The Morgan fingerprint density at radius 1 is 1.04 bits per heavy atom. The van der Waals surface area contributed by atoms with Gasteiger partial charge in [0, 0.05) is 23.9 Å². The van der Waals surface area contributed by atoms with Crippen molar-refractivity contribution in [3.05, 3.63) is 48.7 Å². The Hall–Kier alpha value is -3.51. The maximum Gasteiger partial charge on any atom is 0.259 e. The second-order valence-corrected chi connectivity index (χ2v) is 16.8. The van der Waals surface area contributed by atoms with E-state index in [2.05, 4.69) is 45.1 Å². The van der Waals surface area contributed by atoms with Crippen molar-refractivity contribution in [2.75, 3.05) is 13.1 Å². The van der Waals surface area contributed by atoms with Crippen molar-refractivity contribution in [1.82, 2.24) is 25.2 Å². The number of fused-ring (bicyclic) bond motifs is 3. The van der Waals surface area contributed by atoms with Crippen molar-refractivity contribution in [2.45, 2.75) is 119 Å². The highest BCUT2D eigenvalue weighted by Gasteiger charge is 2.62. The van der Waals surface area contributed by atoms with Gasteiger partial charge in [-0.15, -0.1) is 6.58 Å². The lowest BCUT2D eigenvalue weighted by atomic mass is 9.96. The molecule has 5 atom stereocenters. The average molecular weight is 692 g/mol. The van der Waals surface area contributed by atoms with E-state index in [9.17, 15) is 22.8 Å². The lowest BCUT2D eigenvalue weighted by Gasteiger charge is -2.32. The summed E-state index contributed by atoms with van der Waals surface area (Å²) in [6.45, 7) is 4.74. The molecule has 3 aliphatic carbocycles. The molecular weight excluding hydrogens is 643 g/mol. The van der Waals surface area contributed by atoms with Crippen LogP contribution in [0.2, 0.25) is 0 Å². The Kier molecular flexibility index (Phi) is 9.71. The molecule has 49 heavy (non-hydrogen) atoms. The quantitative estimate of drug-likeness (QED) is 0.371. The van der Waals surface area contributed by atoms with Gasteiger partial charge in [0.1, 0.15) is 17.7 Å². The van der Waals surface area contributed by atoms with Crippen LogP contribution in [-0.4, -0.2) is 78.1 Å². The molecule has 3 saturated carbocycles. The van der Waals surface area contributed by atoms with Crippen molar-refractivity contribution in [3.8, 4) is 5.88 Å². The number of benzene rings is 1. The van der Waals surface area contributed by atoms with E-state index in [1.807, 2.05) is 6.07 Å². The predicted octanol–water partition coefficient (Wildman–Crippen LogP) is 3.91. The molecular formula is C37H49N5O6S. The number of ether oxygens (including phenoxy) is 1. The summed E-state index contributed by atoms with van der Waals surface area (Å²) in [5.41, 5.74) is -0.210. The first kappa shape index (κ1) is 34.0. The number of carbonyl (C=O) groups is 3. The standard InChI is InChI=1S/C37H49N5O6S/c1-2-27-22-37(27,36(45)41-49(46,47)29-15-16-29)40-33(43)31-21-28-23-42(31)35(44)32(26-11-7-8-12-26)38-18-9-5-3-4-6-10-24-13-14-25-17-19-39-34(48-28)30(25)20-24/h2,13-14,17,19-20,26-29,31-32,38H,1,3-12,15-16,18,21-23H2,(H,40,43)(H,41,45)/t27-,28-,31+,32+,37-/m1/s1. The van der Waals surface area contributed by atoms with Crippen molar-refractivity contribution in [3.63, 3.8) is 0 Å². The fourth-order valence-corrected chi connectivity index (χ4v) is 9.52. The van der Waals surface area contributed by atoms with Gasteiger partial charge in [0.15, 0.2) is 0 Å². The molecule has 3 amide bonds. The second kappa shape index (κ2) is 14.0. The van der Waals surface area contributed by atoms with Crippen molar-refractivity contribution in [2.24, 2.45) is 11.8 Å². The first-order valence-corrected chi connectivity index (χ1v) is 19.8. The van der Waals surface area contributed by atoms with Gasteiger partial charge in [-0.3, -0.25) is 19.1 Å². The van der Waals surface area contributed by atoms with Gasteiger partial charge in [-0.25, -0.2) is 13.4 Å². The average Bonchev–Trinajstić information content (AvgIpc) is 3.96. The summed E-state index contributed by atoms with van der Waals surface area (Å²) in [4.78, 5) is 48.5. The molecule has 12 heteroatoms. The minimum atomic E-state index is -3.82. The van der Waals surface area contributed by atoms with Crippen LogP contribution in [0.25, 0.3) is 10.8 Å². The smallest absolute Gasteiger partial charge is 0.259 e. The molecule has 1 saturated heterocycles. The molecule has 3 heterocycles. The number of nitrogens with one attached hydrogen (secondary N) is 3. The van der Waals surface area contributed by atoms with Crippen LogP contribution in [0.4, 0.5) is 0 Å². The SMILES string of the molecule is C=C[C@@H]1C[C@]1(NC(=O)[C@@H]1C[C@@H]2CN1C(=O)[C@H](C1CCCC1)NCCCCCCCc1ccc3ccnc(c3c1)O2)C(=O)NS(=O)(=O)C1CC1. The molecule has 1 aromatic heterocycles. The molecule has 2 aromatic rings. The summed E-state index contributed by atoms with van der Waals surface area (Å²) in [6.07, 6.45) is 14.7. The van der Waals surface area contributed by atoms with Crippen LogP contribution in [0.1, 0.15) is 89.0 Å². The first-order valence-electron chi connectivity index (χ1n) is 18.3. The zero-order chi connectivity index (χ0) is 34.2. The molecule has 5 aliphatic rings. The lowest BCUT2D eigenvalue weighted by molar-refractivity contribution is -0.142. The zero-order valence-electron chi connectivity index (χ0n) is 28.2. The van der Waals surface area contributed by atoms with Crippen LogP contribution in [-0.2, 0) is 30.8 Å². The number of aromatic nitrogens is 1. The molecule has 3 N–H and O–H groups in total. The molecule has 7 rings (SSSR count). The Bertz CT molecular complexity index is 1710. The van der Waals surface area contributed by atoms with E-state index in [1.165, 1.54) is 5.56 Å². The van der Waals surface area contributed by atoms with Gasteiger partial charge < -0.3 is 20.3 Å². The number of hydrogen-bond donors (Lipinski definition) is 3. The highest BCUT2D eigenvalue weighted by molar-refractivity contribution is 7.91. The monoisotopic (exact) mass is 691 g/mol. The number of aryl methyl sites for hydroxylation is 1. The van der Waals surface area contributed by atoms with E-state index >= 15 is 0 Å². The Morgan fingerprint density at radius 2 is 1.82 bits per heavy atom. The van der Waals surface area contributed by atoms with Gasteiger partial charge in [0.2, 0.25) is 27.7 Å². The Labute approximate surface area is 289 Å². The number of rotatable bonds is 7.